The van der Waals surface area contributed by atoms with Gasteiger partial charge in [0.05, 0.1) is 19.1 Å². The Kier molecular flexibility index (Phi) is 11.7. The summed E-state index contributed by atoms with van der Waals surface area (Å²) in [6.45, 7) is 3.74. The van der Waals surface area contributed by atoms with E-state index < -0.39 is 47.4 Å². The smallest absolute Gasteiger partial charge is 0.432 e. The minimum Gasteiger partial charge on any atom is -0.432 e. The first-order chi connectivity index (χ1) is 22.1. The molecule has 0 radical (unpaired) electrons. The second-order valence-corrected chi connectivity index (χ2v) is 14.1. The van der Waals surface area contributed by atoms with Crippen LogP contribution in [-0.2, 0) is 20.3 Å². The minimum atomic E-state index is -5.91. The van der Waals surface area contributed by atoms with Gasteiger partial charge < -0.3 is 14.2 Å². The second kappa shape index (κ2) is 15.0. The van der Waals surface area contributed by atoms with Crippen LogP contribution in [0.4, 0.5) is 39.5 Å². The van der Waals surface area contributed by atoms with E-state index in [0.717, 1.165) is 44.8 Å². The maximum atomic E-state index is 15.0. The van der Waals surface area contributed by atoms with Crippen molar-refractivity contribution in [2.45, 2.75) is 122 Å². The van der Waals surface area contributed by atoms with Gasteiger partial charge in [-0.25, -0.2) is 13.5 Å². The van der Waals surface area contributed by atoms with Gasteiger partial charge in [0.25, 0.3) is 0 Å². The summed E-state index contributed by atoms with van der Waals surface area (Å²) in [5.74, 6) is -3.88. The van der Waals surface area contributed by atoms with E-state index in [2.05, 4.69) is 16.4 Å². The van der Waals surface area contributed by atoms with Gasteiger partial charge in [-0.05, 0) is 87.9 Å². The van der Waals surface area contributed by atoms with E-state index in [1.165, 1.54) is 38.5 Å². The highest BCUT2D eigenvalue weighted by Crippen LogP contribution is 2.47. The molecule has 13 heteroatoms. The molecule has 0 aromatic heterocycles. The lowest BCUT2D eigenvalue weighted by atomic mass is 9.69. The van der Waals surface area contributed by atoms with E-state index in [1.54, 1.807) is 0 Å². The van der Waals surface area contributed by atoms with Crippen molar-refractivity contribution in [2.24, 2.45) is 41.4 Å². The van der Waals surface area contributed by atoms with E-state index in [-0.39, 0.29) is 37.2 Å². The van der Waals surface area contributed by atoms with Crippen LogP contribution in [0.15, 0.2) is 12.1 Å². The molecule has 4 nitrogen and oxygen atoms in total. The molecule has 1 aromatic rings. The van der Waals surface area contributed by atoms with Crippen LogP contribution in [0, 0.1) is 53.1 Å². The number of halogens is 9. The van der Waals surface area contributed by atoms with Crippen LogP contribution in [0.3, 0.4) is 0 Å². The Morgan fingerprint density at radius 2 is 1.13 bits per heavy atom. The standard InChI is InChI=1S/C34H45F9O4/c1-2-3-20-4-6-23(7-5-20)25-18-44-31(45-19-25)24-10-8-21(9-11-24)22-12-14-26(15-13-22)32(37,38)46-27-16-28(35)30(29(36)17-27)33(39,40)47-34(41,42)43/h16-17,20-26,31H,2-15,18-19H2,1H3. The lowest BCUT2D eigenvalue weighted by molar-refractivity contribution is -0.432. The zero-order valence-electron chi connectivity index (χ0n) is 26.6. The molecule has 3 aliphatic carbocycles. The van der Waals surface area contributed by atoms with Gasteiger partial charge in [0.1, 0.15) is 22.9 Å². The third-order valence-corrected chi connectivity index (χ3v) is 11.1. The van der Waals surface area contributed by atoms with Crippen molar-refractivity contribution in [1.82, 2.24) is 0 Å². The molecule has 0 atom stereocenters. The van der Waals surface area contributed by atoms with E-state index in [0.29, 0.717) is 36.5 Å². The zero-order chi connectivity index (χ0) is 34.0. The molecule has 1 heterocycles. The lowest BCUT2D eigenvalue weighted by Crippen LogP contribution is -2.42. The van der Waals surface area contributed by atoms with Crippen molar-refractivity contribution in [3.63, 3.8) is 0 Å². The summed E-state index contributed by atoms with van der Waals surface area (Å²) < 4.78 is 142. The first kappa shape index (κ1) is 36.5. The molecule has 1 saturated heterocycles. The van der Waals surface area contributed by atoms with Gasteiger partial charge >= 0.3 is 18.6 Å². The molecule has 47 heavy (non-hydrogen) atoms. The second-order valence-electron chi connectivity index (χ2n) is 14.1. The molecule has 1 aliphatic heterocycles. The molecule has 1 aromatic carbocycles. The van der Waals surface area contributed by atoms with Crippen molar-refractivity contribution in [2.75, 3.05) is 13.2 Å². The van der Waals surface area contributed by atoms with Crippen LogP contribution < -0.4 is 4.74 Å². The summed E-state index contributed by atoms with van der Waals surface area (Å²) in [6, 6.07) is 0.00504. The highest BCUT2D eigenvalue weighted by Gasteiger charge is 2.50. The SMILES string of the molecule is CCCC1CCC(C2COC(C3CCC(C4CCC(C(F)(F)Oc5cc(F)c(C(F)(F)OC(F)(F)F)c(F)c5)CC4)CC3)OC2)CC1. The highest BCUT2D eigenvalue weighted by atomic mass is 19.4. The number of rotatable bonds is 10. The number of alkyl halides is 7. The third kappa shape index (κ3) is 9.29. The fourth-order valence-electron chi connectivity index (χ4n) is 8.57. The Hall–Kier alpha value is -1.73. The van der Waals surface area contributed by atoms with Crippen LogP contribution in [-0.4, -0.2) is 32.0 Å². The predicted molar refractivity (Wildman–Crippen MR) is 153 cm³/mol. The summed E-state index contributed by atoms with van der Waals surface area (Å²) in [5, 5.41) is 0. The average molecular weight is 689 g/mol. The van der Waals surface area contributed by atoms with Crippen molar-refractivity contribution in [1.29, 1.82) is 0 Å². The lowest BCUT2D eigenvalue weighted by Gasteiger charge is -2.43. The van der Waals surface area contributed by atoms with E-state index in [4.69, 9.17) is 9.47 Å². The summed E-state index contributed by atoms with van der Waals surface area (Å²) in [7, 11) is 0. The van der Waals surface area contributed by atoms with Gasteiger partial charge in [0.15, 0.2) is 6.29 Å². The first-order valence-electron chi connectivity index (χ1n) is 17.1. The van der Waals surface area contributed by atoms with Crippen LogP contribution in [0.1, 0.15) is 102 Å². The summed E-state index contributed by atoms with van der Waals surface area (Å²) >= 11 is 0. The molecule has 0 amide bonds. The Bertz CT molecular complexity index is 1120. The van der Waals surface area contributed by atoms with Gasteiger partial charge in [-0.1, -0.05) is 32.6 Å². The minimum absolute atomic E-state index is 0.00252. The summed E-state index contributed by atoms with van der Waals surface area (Å²) in [5.41, 5.74) is -2.36. The molecule has 3 saturated carbocycles. The Balaban J connectivity index is 1.05. The fourth-order valence-corrected chi connectivity index (χ4v) is 8.57. The topological polar surface area (TPSA) is 36.9 Å². The van der Waals surface area contributed by atoms with Crippen molar-refractivity contribution in [3.05, 3.63) is 29.3 Å². The number of benzene rings is 1. The molecule has 0 N–H and O–H groups in total. The molecular weight excluding hydrogens is 643 g/mol. The van der Waals surface area contributed by atoms with E-state index in [1.807, 2.05) is 0 Å². The summed E-state index contributed by atoms with van der Waals surface area (Å²) in [4.78, 5) is 0. The zero-order valence-corrected chi connectivity index (χ0v) is 26.6. The average Bonchev–Trinajstić information content (AvgIpc) is 3.00. The first-order valence-corrected chi connectivity index (χ1v) is 17.1. The largest absolute Gasteiger partial charge is 0.527 e. The molecule has 0 bridgehead atoms. The maximum Gasteiger partial charge on any atom is 0.527 e. The molecule has 5 rings (SSSR count). The molecule has 4 fully saturated rings. The third-order valence-electron chi connectivity index (χ3n) is 11.1. The quantitative estimate of drug-likeness (QED) is 0.229. The highest BCUT2D eigenvalue weighted by molar-refractivity contribution is 5.32. The van der Waals surface area contributed by atoms with Gasteiger partial charge in [0, 0.05) is 24.0 Å². The Morgan fingerprint density at radius 3 is 1.64 bits per heavy atom. The molecule has 0 spiro atoms. The maximum absolute atomic E-state index is 15.0. The molecule has 0 unspecified atom stereocenters. The Morgan fingerprint density at radius 1 is 0.660 bits per heavy atom. The number of ether oxygens (including phenoxy) is 4. The van der Waals surface area contributed by atoms with Gasteiger partial charge in [-0.15, -0.1) is 13.2 Å². The van der Waals surface area contributed by atoms with Crippen LogP contribution in [0.2, 0.25) is 0 Å². The molecular formula is C34H45F9O4. The van der Waals surface area contributed by atoms with Gasteiger partial charge in [-0.3, -0.25) is 0 Å². The Labute approximate surface area is 270 Å². The monoisotopic (exact) mass is 688 g/mol. The number of hydrogen-bond donors (Lipinski definition) is 0. The molecule has 4 aliphatic rings. The molecule has 268 valence electrons. The van der Waals surface area contributed by atoms with E-state index >= 15 is 8.78 Å². The fraction of sp³-hybridized carbons (Fsp3) is 0.824. The predicted octanol–water partition coefficient (Wildman–Crippen LogP) is 10.7. The van der Waals surface area contributed by atoms with Crippen LogP contribution in [0.25, 0.3) is 0 Å². The number of hydrogen-bond acceptors (Lipinski definition) is 4. The van der Waals surface area contributed by atoms with Crippen molar-refractivity contribution in [3.8, 4) is 5.75 Å². The van der Waals surface area contributed by atoms with Gasteiger partial charge in [0.2, 0.25) is 0 Å². The van der Waals surface area contributed by atoms with E-state index in [9.17, 15) is 30.7 Å². The van der Waals surface area contributed by atoms with Crippen LogP contribution >= 0.6 is 0 Å². The normalized spacial score (nSPS) is 33.1. The van der Waals surface area contributed by atoms with Crippen molar-refractivity contribution >= 4 is 0 Å². The summed E-state index contributed by atoms with van der Waals surface area (Å²) in [6.07, 6.45) is -2.69. The van der Waals surface area contributed by atoms with Gasteiger partial charge in [-0.2, -0.15) is 17.6 Å². The van der Waals surface area contributed by atoms with Crippen LogP contribution in [0.5, 0.6) is 5.75 Å². The van der Waals surface area contributed by atoms with Crippen molar-refractivity contribution < 1.29 is 58.5 Å².